The summed E-state index contributed by atoms with van der Waals surface area (Å²) in [6.45, 7) is 2.23. The Morgan fingerprint density at radius 1 is 1.24 bits per heavy atom. The molecule has 1 unspecified atom stereocenters. The molecule has 0 spiro atoms. The zero-order valence-corrected chi connectivity index (χ0v) is 11.2. The van der Waals surface area contributed by atoms with Crippen LogP contribution in [0.5, 0.6) is 0 Å². The highest BCUT2D eigenvalue weighted by molar-refractivity contribution is 5.55. The first kappa shape index (κ1) is 12.3. The summed E-state index contributed by atoms with van der Waals surface area (Å²) >= 11 is 0. The van der Waals surface area contributed by atoms with Gasteiger partial charge in [-0.2, -0.15) is 14.5 Å². The lowest BCUT2D eigenvalue weighted by Gasteiger charge is -2.21. The normalized spacial score (nSPS) is 19.0. The number of aromatic nitrogens is 6. The first-order chi connectivity index (χ1) is 10.4. The van der Waals surface area contributed by atoms with Crippen LogP contribution in [0.3, 0.4) is 0 Å². The maximum atomic E-state index is 5.65. The lowest BCUT2D eigenvalue weighted by atomic mass is 10.3. The minimum absolute atomic E-state index is 0.134. The van der Waals surface area contributed by atoms with Crippen LogP contribution in [-0.2, 0) is 4.74 Å². The molecule has 4 rings (SSSR count). The van der Waals surface area contributed by atoms with E-state index in [2.05, 4.69) is 30.4 Å². The minimum atomic E-state index is -0.134. The molecule has 21 heavy (non-hydrogen) atoms. The molecule has 0 aliphatic carbocycles. The van der Waals surface area contributed by atoms with Crippen molar-refractivity contribution >= 4 is 5.78 Å². The summed E-state index contributed by atoms with van der Waals surface area (Å²) in [4.78, 5) is 17.2. The Hall–Kier alpha value is -2.45. The van der Waals surface area contributed by atoms with E-state index in [1.807, 2.05) is 12.1 Å². The van der Waals surface area contributed by atoms with Gasteiger partial charge in [0, 0.05) is 31.0 Å². The Balaban J connectivity index is 1.71. The second-order valence-electron chi connectivity index (χ2n) is 4.69. The molecule has 0 saturated carbocycles. The first-order valence-corrected chi connectivity index (χ1v) is 6.72. The van der Waals surface area contributed by atoms with Gasteiger partial charge in [-0.3, -0.25) is 4.98 Å². The highest BCUT2D eigenvalue weighted by Crippen LogP contribution is 2.17. The summed E-state index contributed by atoms with van der Waals surface area (Å²) in [7, 11) is 0. The first-order valence-electron chi connectivity index (χ1n) is 6.72. The molecule has 1 N–H and O–H groups in total. The molecule has 1 fully saturated rings. The Morgan fingerprint density at radius 2 is 2.14 bits per heavy atom. The van der Waals surface area contributed by atoms with Crippen molar-refractivity contribution in [3.63, 3.8) is 0 Å². The Bertz CT molecular complexity index is 752. The molecule has 3 aromatic heterocycles. The molecule has 0 aromatic carbocycles. The van der Waals surface area contributed by atoms with Gasteiger partial charge in [0.25, 0.3) is 5.78 Å². The van der Waals surface area contributed by atoms with Gasteiger partial charge in [-0.25, -0.2) is 4.98 Å². The number of pyridine rings is 1. The van der Waals surface area contributed by atoms with Crippen LogP contribution in [0, 0.1) is 0 Å². The molecule has 0 radical (unpaired) electrons. The summed E-state index contributed by atoms with van der Waals surface area (Å²) in [5, 5.41) is 7.62. The number of nitrogens with zero attached hydrogens (tertiary/aromatic N) is 6. The zero-order valence-electron chi connectivity index (χ0n) is 11.2. The van der Waals surface area contributed by atoms with Gasteiger partial charge >= 0.3 is 0 Å². The monoisotopic (exact) mass is 283 g/mol. The number of morpholine rings is 1. The van der Waals surface area contributed by atoms with Gasteiger partial charge in [0.1, 0.15) is 12.4 Å². The second-order valence-corrected chi connectivity index (χ2v) is 4.69. The third kappa shape index (κ3) is 2.34. The molecule has 8 nitrogen and oxygen atoms in total. The molecular weight excluding hydrogens is 270 g/mol. The van der Waals surface area contributed by atoms with Gasteiger partial charge in [-0.05, 0) is 12.1 Å². The highest BCUT2D eigenvalue weighted by Gasteiger charge is 2.19. The number of hydrogen-bond donors (Lipinski definition) is 1. The molecule has 106 valence electrons. The number of ether oxygens (including phenoxy) is 1. The maximum absolute atomic E-state index is 5.65. The van der Waals surface area contributed by atoms with Crippen LogP contribution in [0.25, 0.3) is 17.2 Å². The average Bonchev–Trinajstić information content (AvgIpc) is 2.99. The van der Waals surface area contributed by atoms with E-state index in [0.29, 0.717) is 30.6 Å². The Kier molecular flexibility index (Phi) is 3.02. The van der Waals surface area contributed by atoms with E-state index < -0.39 is 0 Å². The molecule has 0 bridgehead atoms. The summed E-state index contributed by atoms with van der Waals surface area (Å²) in [6, 6.07) is 3.72. The minimum Gasteiger partial charge on any atom is -0.368 e. The molecular formula is C13H13N7O. The number of rotatable bonds is 2. The fourth-order valence-electron chi connectivity index (χ4n) is 2.22. The van der Waals surface area contributed by atoms with E-state index >= 15 is 0 Å². The molecule has 0 amide bonds. The summed E-state index contributed by atoms with van der Waals surface area (Å²) in [6.07, 6.45) is 4.90. The van der Waals surface area contributed by atoms with Crippen LogP contribution in [0.2, 0.25) is 0 Å². The van der Waals surface area contributed by atoms with Crippen LogP contribution >= 0.6 is 0 Å². The SMILES string of the molecule is c1cc(-c2nc3nc(C4CNCCO4)ncn3n2)ccn1. The van der Waals surface area contributed by atoms with Gasteiger partial charge in [0.15, 0.2) is 11.6 Å². The quantitative estimate of drug-likeness (QED) is 0.720. The average molecular weight is 283 g/mol. The van der Waals surface area contributed by atoms with Gasteiger partial charge in [-0.15, -0.1) is 5.10 Å². The zero-order chi connectivity index (χ0) is 14.1. The fourth-order valence-corrected chi connectivity index (χ4v) is 2.22. The standard InChI is InChI=1S/C13H13N7O/c1-3-14-4-2-9(1)11-17-13-18-12(16-8-20(13)19-11)10-7-15-5-6-21-10/h1-4,8,10,15H,5-7H2. The largest absolute Gasteiger partial charge is 0.368 e. The van der Waals surface area contributed by atoms with Crippen molar-refractivity contribution in [1.82, 2.24) is 34.9 Å². The van der Waals surface area contributed by atoms with Crippen molar-refractivity contribution in [1.29, 1.82) is 0 Å². The van der Waals surface area contributed by atoms with Crippen LogP contribution in [-0.4, -0.2) is 49.2 Å². The summed E-state index contributed by atoms with van der Waals surface area (Å²) in [5.41, 5.74) is 0.896. The predicted molar refractivity (Wildman–Crippen MR) is 73.4 cm³/mol. The maximum Gasteiger partial charge on any atom is 0.256 e. The predicted octanol–water partition coefficient (Wildman–Crippen LogP) is 0.242. The van der Waals surface area contributed by atoms with Crippen molar-refractivity contribution in [3.8, 4) is 11.4 Å². The summed E-state index contributed by atoms with van der Waals surface area (Å²) in [5.74, 6) is 1.75. The molecule has 1 aliphatic rings. The van der Waals surface area contributed by atoms with Crippen LogP contribution in [0.15, 0.2) is 30.9 Å². The number of hydrogen-bond acceptors (Lipinski definition) is 7. The molecule has 8 heteroatoms. The van der Waals surface area contributed by atoms with Gasteiger partial charge in [0.2, 0.25) is 0 Å². The highest BCUT2D eigenvalue weighted by atomic mass is 16.5. The van der Waals surface area contributed by atoms with Crippen LogP contribution < -0.4 is 5.32 Å². The van der Waals surface area contributed by atoms with Gasteiger partial charge in [0.05, 0.1) is 6.61 Å². The van der Waals surface area contributed by atoms with E-state index in [1.165, 1.54) is 0 Å². The molecule has 1 saturated heterocycles. The fraction of sp³-hybridized carbons (Fsp3) is 0.308. The molecule has 1 aliphatic heterocycles. The lowest BCUT2D eigenvalue weighted by molar-refractivity contribution is 0.0221. The summed E-state index contributed by atoms with van der Waals surface area (Å²) < 4.78 is 7.22. The smallest absolute Gasteiger partial charge is 0.256 e. The molecule has 4 heterocycles. The van der Waals surface area contributed by atoms with Gasteiger partial charge < -0.3 is 10.1 Å². The van der Waals surface area contributed by atoms with Crippen LogP contribution in [0.1, 0.15) is 11.9 Å². The van der Waals surface area contributed by atoms with Crippen molar-refractivity contribution in [2.45, 2.75) is 6.10 Å². The number of fused-ring (bicyclic) bond motifs is 1. The Morgan fingerprint density at radius 3 is 2.95 bits per heavy atom. The molecule has 1 atom stereocenters. The topological polar surface area (TPSA) is 90.1 Å². The van der Waals surface area contributed by atoms with E-state index in [-0.39, 0.29) is 6.10 Å². The van der Waals surface area contributed by atoms with Gasteiger partial charge in [-0.1, -0.05) is 0 Å². The van der Waals surface area contributed by atoms with Crippen LogP contribution in [0.4, 0.5) is 0 Å². The molecule has 3 aromatic rings. The Labute approximate surface area is 120 Å². The van der Waals surface area contributed by atoms with E-state index in [0.717, 1.165) is 12.1 Å². The van der Waals surface area contributed by atoms with Crippen molar-refractivity contribution in [2.24, 2.45) is 0 Å². The van der Waals surface area contributed by atoms with E-state index in [4.69, 9.17) is 4.74 Å². The van der Waals surface area contributed by atoms with Crippen molar-refractivity contribution in [2.75, 3.05) is 19.7 Å². The van der Waals surface area contributed by atoms with Crippen molar-refractivity contribution in [3.05, 3.63) is 36.7 Å². The van der Waals surface area contributed by atoms with E-state index in [9.17, 15) is 0 Å². The van der Waals surface area contributed by atoms with E-state index in [1.54, 1.807) is 23.2 Å². The number of nitrogens with one attached hydrogen (secondary N) is 1. The van der Waals surface area contributed by atoms with Crippen molar-refractivity contribution < 1.29 is 4.74 Å². The lowest BCUT2D eigenvalue weighted by Crippen LogP contribution is -2.34. The third-order valence-electron chi connectivity index (χ3n) is 3.28. The second kappa shape index (κ2) is 5.15. The third-order valence-corrected chi connectivity index (χ3v) is 3.28.